The molecule has 1 saturated heterocycles. The van der Waals surface area contributed by atoms with Gasteiger partial charge in [-0.1, -0.05) is 42.1 Å². The summed E-state index contributed by atoms with van der Waals surface area (Å²) in [4.78, 5) is 38.3. The van der Waals surface area contributed by atoms with Gasteiger partial charge < -0.3 is 14.2 Å². The first-order valence-corrected chi connectivity index (χ1v) is 8.66. The van der Waals surface area contributed by atoms with E-state index in [2.05, 4.69) is 0 Å². The van der Waals surface area contributed by atoms with Gasteiger partial charge in [0.1, 0.15) is 5.75 Å². The first-order valence-electron chi connectivity index (χ1n) is 7.85. The Morgan fingerprint density at radius 2 is 1.81 bits per heavy atom. The Morgan fingerprint density at radius 1 is 1.08 bits per heavy atom. The van der Waals surface area contributed by atoms with E-state index in [4.69, 9.17) is 14.2 Å². The molecule has 0 bridgehead atoms. The van der Waals surface area contributed by atoms with Crippen LogP contribution in [0.5, 0.6) is 5.75 Å². The molecule has 0 amide bonds. The van der Waals surface area contributed by atoms with Gasteiger partial charge >= 0.3 is 17.9 Å². The van der Waals surface area contributed by atoms with Crippen LogP contribution in [-0.2, 0) is 34.2 Å². The van der Waals surface area contributed by atoms with Crippen LogP contribution in [0.25, 0.3) is 0 Å². The Labute approximate surface area is 153 Å². The fraction of sp³-hybridized carbons (Fsp3) is 0.211. The van der Waals surface area contributed by atoms with Gasteiger partial charge in [0.2, 0.25) is 0 Å². The van der Waals surface area contributed by atoms with Crippen LogP contribution in [0.3, 0.4) is 0 Å². The van der Waals surface area contributed by atoms with Crippen molar-refractivity contribution in [2.24, 2.45) is 0 Å². The van der Waals surface area contributed by atoms with Crippen molar-refractivity contribution in [3.63, 3.8) is 0 Å². The number of carbonyl (C=O) groups is 3. The van der Waals surface area contributed by atoms with Crippen molar-refractivity contribution < 1.29 is 28.6 Å². The summed E-state index contributed by atoms with van der Waals surface area (Å²) in [6, 6.07) is 13.7. The molecule has 2 unspecified atom stereocenters. The van der Waals surface area contributed by atoms with Gasteiger partial charge in [0, 0.05) is 17.4 Å². The van der Waals surface area contributed by atoms with E-state index >= 15 is 0 Å². The highest BCUT2D eigenvalue weighted by Crippen LogP contribution is 2.66. The Morgan fingerprint density at radius 3 is 2.46 bits per heavy atom. The topological polar surface area (TPSA) is 78.9 Å². The number of thioether (sulfide) groups is 1. The van der Waals surface area contributed by atoms with Gasteiger partial charge in [0.05, 0.1) is 7.11 Å². The van der Waals surface area contributed by atoms with Gasteiger partial charge in [-0.05, 0) is 23.8 Å². The molecule has 0 radical (unpaired) electrons. The van der Waals surface area contributed by atoms with Gasteiger partial charge in [0.25, 0.3) is 5.60 Å². The van der Waals surface area contributed by atoms with Crippen molar-refractivity contribution in [3.05, 3.63) is 59.7 Å². The lowest BCUT2D eigenvalue weighted by Gasteiger charge is -2.33. The molecule has 132 valence electrons. The largest absolute Gasteiger partial charge is 0.497 e. The number of carbonyl (C=O) groups excluding carboxylic acids is 3. The highest BCUT2D eigenvalue weighted by molar-refractivity contribution is 8.01. The van der Waals surface area contributed by atoms with Crippen LogP contribution in [-0.4, -0.2) is 25.0 Å². The molecule has 2 heterocycles. The number of fused-ring (bicyclic) bond motifs is 3. The summed E-state index contributed by atoms with van der Waals surface area (Å²) in [5, 5.41) is 0. The van der Waals surface area contributed by atoms with E-state index in [0.29, 0.717) is 21.8 Å². The number of ether oxygens (including phenoxy) is 3. The first kappa shape index (κ1) is 16.7. The van der Waals surface area contributed by atoms with Crippen LogP contribution in [0.1, 0.15) is 18.1 Å². The molecule has 2 aromatic rings. The van der Waals surface area contributed by atoms with E-state index in [1.54, 1.807) is 48.5 Å². The summed E-state index contributed by atoms with van der Waals surface area (Å²) < 4.78 is 14.3. The van der Waals surface area contributed by atoms with E-state index in [0.717, 1.165) is 11.8 Å². The standard InChI is InChI=1S/C19H14O6S/c1-11(20)25-18-14-9-8-13(23-2)10-15(14)26-19(18,17(22)24-16(18)21)12-6-4-3-5-7-12/h3-10H,1-2H3. The minimum Gasteiger partial charge on any atom is -0.497 e. The highest BCUT2D eigenvalue weighted by Gasteiger charge is 2.77. The summed E-state index contributed by atoms with van der Waals surface area (Å²) in [5.74, 6) is -1.76. The SMILES string of the molecule is COc1ccc2c(c1)SC1(c3ccccc3)C(=O)OC(=O)C21OC(C)=O. The Kier molecular flexibility index (Phi) is 3.59. The van der Waals surface area contributed by atoms with Crippen LogP contribution >= 0.6 is 11.8 Å². The zero-order valence-electron chi connectivity index (χ0n) is 14.0. The van der Waals surface area contributed by atoms with Gasteiger partial charge in [0.15, 0.2) is 4.75 Å². The van der Waals surface area contributed by atoms with Gasteiger partial charge in [-0.3, -0.25) is 4.79 Å². The average Bonchev–Trinajstić information content (AvgIpc) is 3.03. The summed E-state index contributed by atoms with van der Waals surface area (Å²) >= 11 is 1.14. The monoisotopic (exact) mass is 370 g/mol. The van der Waals surface area contributed by atoms with Gasteiger partial charge in [-0.15, -0.1) is 0 Å². The van der Waals surface area contributed by atoms with E-state index in [1.807, 2.05) is 0 Å². The lowest BCUT2D eigenvalue weighted by Crippen LogP contribution is -2.49. The van der Waals surface area contributed by atoms with Crippen molar-refractivity contribution in [1.82, 2.24) is 0 Å². The molecule has 2 aromatic carbocycles. The molecule has 6 nitrogen and oxygen atoms in total. The smallest absolute Gasteiger partial charge is 0.365 e. The number of hydrogen-bond donors (Lipinski definition) is 0. The summed E-state index contributed by atoms with van der Waals surface area (Å²) in [7, 11) is 1.52. The third-order valence-corrected chi connectivity index (χ3v) is 6.12. The molecule has 0 aliphatic carbocycles. The molecule has 1 fully saturated rings. The molecule has 7 heteroatoms. The quantitative estimate of drug-likeness (QED) is 0.607. The zero-order chi connectivity index (χ0) is 18.5. The number of benzene rings is 2. The summed E-state index contributed by atoms with van der Waals surface area (Å²) in [6.45, 7) is 1.20. The molecule has 2 aliphatic rings. The molecule has 26 heavy (non-hydrogen) atoms. The predicted octanol–water partition coefficient (Wildman–Crippen LogP) is 2.54. The van der Waals surface area contributed by atoms with Crippen LogP contribution < -0.4 is 4.74 Å². The third-order valence-electron chi connectivity index (χ3n) is 4.56. The normalized spacial score (nSPS) is 26.1. The van der Waals surface area contributed by atoms with Crippen molar-refractivity contribution in [2.45, 2.75) is 22.2 Å². The lowest BCUT2D eigenvalue weighted by molar-refractivity contribution is -0.174. The van der Waals surface area contributed by atoms with E-state index < -0.39 is 28.3 Å². The first-order chi connectivity index (χ1) is 12.5. The maximum atomic E-state index is 12.9. The summed E-state index contributed by atoms with van der Waals surface area (Å²) in [5.41, 5.74) is -0.931. The molecular formula is C19H14O6S. The highest BCUT2D eigenvalue weighted by atomic mass is 32.2. The van der Waals surface area contributed by atoms with Crippen molar-refractivity contribution in [1.29, 1.82) is 0 Å². The second kappa shape index (κ2) is 5.60. The van der Waals surface area contributed by atoms with Crippen LogP contribution in [0.2, 0.25) is 0 Å². The van der Waals surface area contributed by atoms with E-state index in [9.17, 15) is 14.4 Å². The minimum absolute atomic E-state index is 0.415. The molecule has 0 spiro atoms. The molecular weight excluding hydrogens is 356 g/mol. The Hall–Kier alpha value is -2.80. The maximum Gasteiger partial charge on any atom is 0.365 e. The Bertz CT molecular complexity index is 940. The molecule has 0 N–H and O–H groups in total. The second-order valence-corrected chi connectivity index (χ2v) is 7.22. The molecule has 2 atom stereocenters. The van der Waals surface area contributed by atoms with Gasteiger partial charge in [-0.25, -0.2) is 9.59 Å². The molecule has 4 rings (SSSR count). The van der Waals surface area contributed by atoms with E-state index in [1.165, 1.54) is 14.0 Å². The third kappa shape index (κ3) is 1.92. The molecule has 0 saturated carbocycles. The average molecular weight is 370 g/mol. The number of esters is 3. The Balaban J connectivity index is 2.06. The summed E-state index contributed by atoms with van der Waals surface area (Å²) in [6.07, 6.45) is 0. The fourth-order valence-electron chi connectivity index (χ4n) is 3.54. The maximum absolute atomic E-state index is 12.9. The number of cyclic esters (lactones) is 2. The van der Waals surface area contributed by atoms with Crippen LogP contribution in [0.15, 0.2) is 53.4 Å². The van der Waals surface area contributed by atoms with E-state index in [-0.39, 0.29) is 0 Å². The molecule has 2 aliphatic heterocycles. The molecule has 0 aromatic heterocycles. The lowest BCUT2D eigenvalue weighted by atomic mass is 9.78. The second-order valence-electron chi connectivity index (χ2n) is 5.96. The number of hydrogen-bond acceptors (Lipinski definition) is 7. The predicted molar refractivity (Wildman–Crippen MR) is 91.5 cm³/mol. The number of methoxy groups -OCH3 is 1. The van der Waals surface area contributed by atoms with Crippen molar-refractivity contribution >= 4 is 29.7 Å². The van der Waals surface area contributed by atoms with Crippen molar-refractivity contribution in [2.75, 3.05) is 7.11 Å². The fourth-order valence-corrected chi connectivity index (χ4v) is 5.12. The van der Waals surface area contributed by atoms with Gasteiger partial charge in [-0.2, -0.15) is 0 Å². The van der Waals surface area contributed by atoms with Crippen LogP contribution in [0.4, 0.5) is 0 Å². The minimum atomic E-state index is -1.87. The van der Waals surface area contributed by atoms with Crippen molar-refractivity contribution in [3.8, 4) is 5.75 Å². The van der Waals surface area contributed by atoms with Crippen LogP contribution in [0, 0.1) is 0 Å². The zero-order valence-corrected chi connectivity index (χ0v) is 14.8. The number of rotatable bonds is 3.